The quantitative estimate of drug-likeness (QED) is 0.904. The van der Waals surface area contributed by atoms with Crippen LogP contribution in [0.4, 0.5) is 0 Å². The summed E-state index contributed by atoms with van der Waals surface area (Å²) >= 11 is 1.55. The second-order valence-electron chi connectivity index (χ2n) is 3.83. The number of benzene rings is 1. The van der Waals surface area contributed by atoms with Gasteiger partial charge in [0.25, 0.3) is 0 Å². The van der Waals surface area contributed by atoms with Crippen molar-refractivity contribution < 1.29 is 13.5 Å². The molecule has 0 aliphatic rings. The van der Waals surface area contributed by atoms with Gasteiger partial charge in [-0.05, 0) is 37.3 Å². The number of thiophene rings is 1. The van der Waals surface area contributed by atoms with Crippen molar-refractivity contribution in [2.45, 2.75) is 18.4 Å². The van der Waals surface area contributed by atoms with E-state index in [0.717, 1.165) is 9.75 Å². The first-order valence-corrected chi connectivity index (χ1v) is 7.61. The number of sulfonamides is 1. The van der Waals surface area contributed by atoms with Crippen LogP contribution < -0.4 is 4.72 Å². The molecule has 2 rings (SSSR count). The van der Waals surface area contributed by atoms with Crippen LogP contribution in [0, 0.1) is 6.92 Å². The smallest absolute Gasteiger partial charge is 0.241 e. The first-order chi connectivity index (χ1) is 8.47. The molecule has 0 bridgehead atoms. The van der Waals surface area contributed by atoms with E-state index in [4.69, 9.17) is 0 Å². The molecule has 0 spiro atoms. The topological polar surface area (TPSA) is 66.4 Å². The Balaban J connectivity index is 2.13. The largest absolute Gasteiger partial charge is 0.508 e. The molecule has 0 saturated carbocycles. The van der Waals surface area contributed by atoms with Gasteiger partial charge in [-0.3, -0.25) is 0 Å². The molecule has 96 valence electrons. The molecule has 0 unspecified atom stereocenters. The summed E-state index contributed by atoms with van der Waals surface area (Å²) in [6.07, 6.45) is 0. The van der Waals surface area contributed by atoms with Crippen molar-refractivity contribution in [1.29, 1.82) is 0 Å². The number of aromatic hydroxyl groups is 1. The molecule has 0 saturated heterocycles. The van der Waals surface area contributed by atoms with Gasteiger partial charge < -0.3 is 5.11 Å². The maximum Gasteiger partial charge on any atom is 0.241 e. The van der Waals surface area contributed by atoms with Crippen LogP contribution in [0.25, 0.3) is 0 Å². The summed E-state index contributed by atoms with van der Waals surface area (Å²) in [7, 11) is -3.58. The zero-order valence-electron chi connectivity index (χ0n) is 9.75. The van der Waals surface area contributed by atoms with Crippen molar-refractivity contribution >= 4 is 21.4 Å². The molecule has 1 aromatic heterocycles. The van der Waals surface area contributed by atoms with Crippen LogP contribution in [-0.4, -0.2) is 13.5 Å². The minimum absolute atomic E-state index is 0.0650. The van der Waals surface area contributed by atoms with Crippen LogP contribution in [0.3, 0.4) is 0 Å². The van der Waals surface area contributed by atoms with Crippen LogP contribution in [-0.2, 0) is 16.6 Å². The van der Waals surface area contributed by atoms with E-state index < -0.39 is 10.0 Å². The Morgan fingerprint density at radius 2 is 2.06 bits per heavy atom. The Labute approximate surface area is 110 Å². The van der Waals surface area contributed by atoms with E-state index in [-0.39, 0.29) is 17.2 Å². The molecule has 0 amide bonds. The van der Waals surface area contributed by atoms with Crippen molar-refractivity contribution in [2.24, 2.45) is 0 Å². The average Bonchev–Trinajstić information content (AvgIpc) is 2.73. The lowest BCUT2D eigenvalue weighted by Gasteiger charge is -2.05. The molecule has 0 aliphatic heterocycles. The second-order valence-corrected chi connectivity index (χ2v) is 6.97. The van der Waals surface area contributed by atoms with Gasteiger partial charge >= 0.3 is 0 Å². The van der Waals surface area contributed by atoms with Gasteiger partial charge in [-0.2, -0.15) is 0 Å². The highest BCUT2D eigenvalue weighted by atomic mass is 32.2. The van der Waals surface area contributed by atoms with E-state index in [1.165, 1.54) is 24.3 Å². The zero-order valence-corrected chi connectivity index (χ0v) is 11.4. The molecule has 1 heterocycles. The van der Waals surface area contributed by atoms with Gasteiger partial charge in [-0.1, -0.05) is 6.07 Å². The van der Waals surface area contributed by atoms with Gasteiger partial charge in [0.15, 0.2) is 0 Å². The number of phenols is 1. The molecule has 1 aromatic carbocycles. The van der Waals surface area contributed by atoms with Crippen molar-refractivity contribution in [3.05, 3.63) is 46.2 Å². The molecular formula is C12H13NO3S2. The minimum atomic E-state index is -3.58. The molecule has 4 nitrogen and oxygen atoms in total. The van der Waals surface area contributed by atoms with Gasteiger partial charge in [0.1, 0.15) is 5.75 Å². The van der Waals surface area contributed by atoms with Gasteiger partial charge in [0.05, 0.1) is 4.90 Å². The summed E-state index contributed by atoms with van der Waals surface area (Å²) in [5, 5.41) is 9.27. The van der Waals surface area contributed by atoms with Crippen LogP contribution in [0.5, 0.6) is 5.75 Å². The van der Waals surface area contributed by atoms with Gasteiger partial charge in [-0.15, -0.1) is 11.3 Å². The van der Waals surface area contributed by atoms with Crippen molar-refractivity contribution in [2.75, 3.05) is 0 Å². The molecule has 0 atom stereocenters. The maximum absolute atomic E-state index is 11.9. The summed E-state index contributed by atoms with van der Waals surface area (Å²) < 4.78 is 26.4. The third kappa shape index (κ3) is 3.10. The predicted molar refractivity (Wildman–Crippen MR) is 71.2 cm³/mol. The van der Waals surface area contributed by atoms with Crippen molar-refractivity contribution in [1.82, 2.24) is 4.72 Å². The highest BCUT2D eigenvalue weighted by Crippen LogP contribution is 2.18. The number of hydrogen-bond acceptors (Lipinski definition) is 4. The molecule has 0 aliphatic carbocycles. The number of hydrogen-bond donors (Lipinski definition) is 2. The van der Waals surface area contributed by atoms with Gasteiger partial charge in [0.2, 0.25) is 10.0 Å². The van der Waals surface area contributed by atoms with Gasteiger partial charge in [-0.25, -0.2) is 13.1 Å². The molecular weight excluding hydrogens is 270 g/mol. The molecule has 2 aromatic rings. The van der Waals surface area contributed by atoms with E-state index in [1.54, 1.807) is 11.3 Å². The minimum Gasteiger partial charge on any atom is -0.508 e. The van der Waals surface area contributed by atoms with E-state index in [9.17, 15) is 13.5 Å². The highest BCUT2D eigenvalue weighted by molar-refractivity contribution is 7.89. The van der Waals surface area contributed by atoms with Crippen LogP contribution in [0.15, 0.2) is 41.3 Å². The molecule has 6 heteroatoms. The monoisotopic (exact) mass is 283 g/mol. The first-order valence-electron chi connectivity index (χ1n) is 5.31. The predicted octanol–water partition coefficient (Wildman–Crippen LogP) is 2.24. The fraction of sp³-hybridized carbons (Fsp3) is 0.167. The fourth-order valence-corrected chi connectivity index (χ4v) is 3.45. The van der Waals surface area contributed by atoms with E-state index in [2.05, 4.69) is 4.72 Å². The SMILES string of the molecule is Cc1ccc(CNS(=O)(=O)c2cccc(O)c2)s1. The number of rotatable bonds is 4. The molecule has 2 N–H and O–H groups in total. The van der Waals surface area contributed by atoms with Crippen molar-refractivity contribution in [3.63, 3.8) is 0 Å². The summed E-state index contributed by atoms with van der Waals surface area (Å²) in [5.74, 6) is -0.0650. The summed E-state index contributed by atoms with van der Waals surface area (Å²) in [6.45, 7) is 2.23. The fourth-order valence-electron chi connectivity index (χ4n) is 1.48. The average molecular weight is 283 g/mol. The Morgan fingerprint density at radius 1 is 1.28 bits per heavy atom. The summed E-state index contributed by atoms with van der Waals surface area (Å²) in [5.41, 5.74) is 0. The number of phenolic OH excluding ortho intramolecular Hbond substituents is 1. The molecule has 18 heavy (non-hydrogen) atoms. The molecule has 0 fully saturated rings. The lowest BCUT2D eigenvalue weighted by atomic mass is 10.3. The number of nitrogens with one attached hydrogen (secondary N) is 1. The summed E-state index contributed by atoms with van der Waals surface area (Å²) in [6, 6.07) is 9.44. The van der Waals surface area contributed by atoms with E-state index in [1.807, 2.05) is 19.1 Å². The van der Waals surface area contributed by atoms with Crippen LogP contribution in [0.1, 0.15) is 9.75 Å². The highest BCUT2D eigenvalue weighted by Gasteiger charge is 2.14. The third-order valence-corrected chi connectivity index (χ3v) is 4.76. The Kier molecular flexibility index (Phi) is 3.70. The zero-order chi connectivity index (χ0) is 13.2. The van der Waals surface area contributed by atoms with E-state index >= 15 is 0 Å². The lowest BCUT2D eigenvalue weighted by Crippen LogP contribution is -2.22. The van der Waals surface area contributed by atoms with E-state index in [0.29, 0.717) is 0 Å². The standard InChI is InChI=1S/C12H13NO3S2/c1-9-5-6-11(17-9)8-13-18(15,16)12-4-2-3-10(14)7-12/h2-7,13-14H,8H2,1H3. The van der Waals surface area contributed by atoms with Crippen molar-refractivity contribution in [3.8, 4) is 5.75 Å². The Morgan fingerprint density at radius 3 is 2.67 bits per heavy atom. The molecule has 0 radical (unpaired) electrons. The summed E-state index contributed by atoms with van der Waals surface area (Å²) in [4.78, 5) is 2.16. The van der Waals surface area contributed by atoms with Crippen LogP contribution in [0.2, 0.25) is 0 Å². The Hall–Kier alpha value is -1.37. The lowest BCUT2D eigenvalue weighted by molar-refractivity contribution is 0.473. The second kappa shape index (κ2) is 5.09. The number of aryl methyl sites for hydroxylation is 1. The maximum atomic E-state index is 11.9. The van der Waals surface area contributed by atoms with Gasteiger partial charge in [0, 0.05) is 16.3 Å². The van der Waals surface area contributed by atoms with Crippen LogP contribution >= 0.6 is 11.3 Å². The Bertz CT molecular complexity index is 647. The first kappa shape index (κ1) is 13.1. The normalized spacial score (nSPS) is 11.6. The third-order valence-electron chi connectivity index (χ3n) is 2.36.